The molecular weight excluding hydrogens is 297 g/mol. The molecule has 0 unspecified atom stereocenters. The molecule has 88 valence electrons. The molecule has 0 amide bonds. The molecular formula is C3H17KO6P2S2. The molecule has 0 aliphatic rings. The summed E-state index contributed by atoms with van der Waals surface area (Å²) in [7, 11) is 0. The summed E-state index contributed by atoms with van der Waals surface area (Å²) < 4.78 is 0. The Morgan fingerprint density at radius 2 is 0.714 bits per heavy atom. The van der Waals surface area contributed by atoms with Crippen LogP contribution in [0.2, 0.25) is 0 Å². The third-order valence-electron chi connectivity index (χ3n) is 0. The molecule has 0 aromatic rings. The van der Waals surface area contributed by atoms with Crippen LogP contribution in [0.5, 0.6) is 0 Å². The van der Waals surface area contributed by atoms with Crippen LogP contribution >= 0.6 is 13.4 Å². The molecule has 0 aliphatic carbocycles. The molecule has 6 nitrogen and oxygen atoms in total. The van der Waals surface area contributed by atoms with Crippen LogP contribution in [0, 0.1) is 0 Å². The van der Waals surface area contributed by atoms with Crippen molar-refractivity contribution in [3.63, 3.8) is 0 Å². The molecule has 0 aromatic heterocycles. The van der Waals surface area contributed by atoms with E-state index < -0.39 is 13.4 Å². The summed E-state index contributed by atoms with van der Waals surface area (Å²) in [6.45, 7) is -3.61. The second-order valence-corrected chi connectivity index (χ2v) is 6.02. The molecule has 6 N–H and O–H groups in total. The first kappa shape index (κ1) is 30.1. The fourth-order valence-corrected chi connectivity index (χ4v) is 0. The molecule has 0 aliphatic heterocycles. The van der Waals surface area contributed by atoms with Crippen molar-refractivity contribution in [1.29, 1.82) is 0 Å². The van der Waals surface area contributed by atoms with E-state index in [1.807, 2.05) is 13.8 Å². The second kappa shape index (κ2) is 15.7. The van der Waals surface area contributed by atoms with Gasteiger partial charge in [-0.1, -0.05) is 21.3 Å². The maximum absolute atomic E-state index is 7.56. The first-order chi connectivity index (χ1) is 5.00. The summed E-state index contributed by atoms with van der Waals surface area (Å²) in [5.41, 5.74) is 0. The minimum absolute atomic E-state index is 0. The Morgan fingerprint density at radius 1 is 0.714 bits per heavy atom. The van der Waals surface area contributed by atoms with E-state index in [-0.39, 0.29) is 58.8 Å². The van der Waals surface area contributed by atoms with Crippen LogP contribution in [-0.2, 0) is 23.6 Å². The van der Waals surface area contributed by atoms with Crippen LogP contribution in [0.4, 0.5) is 0 Å². The summed E-state index contributed by atoms with van der Waals surface area (Å²) in [6.07, 6.45) is 0. The van der Waals surface area contributed by atoms with Crippen molar-refractivity contribution in [2.45, 2.75) is 21.3 Å². The first-order valence-corrected chi connectivity index (χ1v) is 7.89. The number of hydrogen-bond acceptors (Lipinski definition) is 2. The van der Waals surface area contributed by atoms with Crippen molar-refractivity contribution >= 4 is 88.4 Å². The Bertz CT molecular complexity index is 141. The van der Waals surface area contributed by atoms with E-state index in [9.17, 15) is 0 Å². The van der Waals surface area contributed by atoms with Crippen LogP contribution in [0.1, 0.15) is 21.3 Å². The van der Waals surface area contributed by atoms with Crippen molar-refractivity contribution < 1.29 is 29.4 Å². The summed E-state index contributed by atoms with van der Waals surface area (Å²) >= 11 is 7.21. The fourth-order valence-electron chi connectivity index (χ4n) is 0. The topological polar surface area (TPSA) is 121 Å². The average Bonchev–Trinajstić information content (AvgIpc) is 1.59. The Balaban J connectivity index is -0.0000000292. The van der Waals surface area contributed by atoms with Gasteiger partial charge >= 0.3 is 64.8 Å². The quantitative estimate of drug-likeness (QED) is 0.259. The van der Waals surface area contributed by atoms with Gasteiger partial charge in [0.15, 0.2) is 0 Å². The van der Waals surface area contributed by atoms with Crippen molar-refractivity contribution in [1.82, 2.24) is 0 Å². The van der Waals surface area contributed by atoms with Crippen molar-refractivity contribution in [3.05, 3.63) is 0 Å². The normalized spacial score (nSPS) is 8.86. The number of hydrogen-bond donors (Lipinski definition) is 6. The van der Waals surface area contributed by atoms with E-state index in [1.54, 1.807) is 0 Å². The van der Waals surface area contributed by atoms with Gasteiger partial charge in [0.1, 0.15) is 0 Å². The van der Waals surface area contributed by atoms with Gasteiger partial charge < -0.3 is 29.4 Å². The van der Waals surface area contributed by atoms with Crippen LogP contribution in [-0.4, -0.2) is 80.7 Å². The summed E-state index contributed by atoms with van der Waals surface area (Å²) in [4.78, 5) is 45.3. The van der Waals surface area contributed by atoms with Gasteiger partial charge in [0.05, 0.1) is 0 Å². The maximum atomic E-state index is 7.56. The third kappa shape index (κ3) is 379. The van der Waals surface area contributed by atoms with Crippen molar-refractivity contribution in [3.8, 4) is 0 Å². The van der Waals surface area contributed by atoms with E-state index >= 15 is 0 Å². The van der Waals surface area contributed by atoms with Gasteiger partial charge in [-0.2, -0.15) is 0 Å². The zero-order chi connectivity index (χ0) is 11.0. The molecule has 14 heavy (non-hydrogen) atoms. The van der Waals surface area contributed by atoms with Gasteiger partial charge in [-0.3, -0.25) is 0 Å². The molecule has 0 fully saturated rings. The van der Waals surface area contributed by atoms with E-state index in [1.165, 1.54) is 0 Å². The molecule has 0 rings (SSSR count). The van der Waals surface area contributed by atoms with Gasteiger partial charge in [0, 0.05) is 0 Å². The van der Waals surface area contributed by atoms with Crippen LogP contribution in [0.3, 0.4) is 0 Å². The summed E-state index contributed by atoms with van der Waals surface area (Å²) in [5, 5.41) is 0. The second-order valence-electron chi connectivity index (χ2n) is 1.03. The molecule has 11 heteroatoms. The molecule has 0 saturated heterocycles. The Morgan fingerprint density at radius 3 is 0.714 bits per heavy atom. The van der Waals surface area contributed by atoms with Crippen LogP contribution in [0.25, 0.3) is 0 Å². The molecule has 0 aromatic carbocycles. The SMILES string of the molecule is C.CC.OP(O)(O)=S.OP(O)(O)=S.[KH]. The monoisotopic (exact) mass is 314 g/mol. The van der Waals surface area contributed by atoms with Gasteiger partial charge in [-0.05, 0) is 23.6 Å². The van der Waals surface area contributed by atoms with Gasteiger partial charge in [0.25, 0.3) is 0 Å². The molecule has 0 radical (unpaired) electrons. The molecule has 0 heterocycles. The Hall–Kier alpha value is 2.70. The van der Waals surface area contributed by atoms with E-state index in [0.29, 0.717) is 0 Å². The zero-order valence-corrected chi connectivity index (χ0v) is 9.82. The third-order valence-corrected chi connectivity index (χ3v) is 0. The van der Waals surface area contributed by atoms with Gasteiger partial charge in [-0.15, -0.1) is 0 Å². The predicted molar refractivity (Wildman–Crippen MR) is 67.1 cm³/mol. The molecule has 0 spiro atoms. The standard InChI is InChI=1S/C2H6.CH4.K.2H3O3PS.H/c1-2;;;2*1-4(2,3)5;/h1-2H3;1H4;;2*(H3,1,2,3,5);. The summed E-state index contributed by atoms with van der Waals surface area (Å²) in [6, 6.07) is 0. The predicted octanol–water partition coefficient (Wildman–Crippen LogP) is -0.611. The molecule has 0 bridgehead atoms. The van der Waals surface area contributed by atoms with E-state index in [4.69, 9.17) is 29.4 Å². The fraction of sp³-hybridized carbons (Fsp3) is 1.00. The zero-order valence-electron chi connectivity index (χ0n) is 6.39. The number of rotatable bonds is 0. The average molecular weight is 314 g/mol. The Labute approximate surface area is 137 Å². The minimum atomic E-state index is -3.81. The van der Waals surface area contributed by atoms with E-state index in [2.05, 4.69) is 23.6 Å². The van der Waals surface area contributed by atoms with Gasteiger partial charge in [0.2, 0.25) is 0 Å². The Kier molecular flexibility index (Phi) is 33.7. The molecule has 0 atom stereocenters. The van der Waals surface area contributed by atoms with Crippen LogP contribution in [0.15, 0.2) is 0 Å². The molecule has 0 saturated carbocycles. The summed E-state index contributed by atoms with van der Waals surface area (Å²) in [5.74, 6) is 0. The van der Waals surface area contributed by atoms with Crippen molar-refractivity contribution in [2.24, 2.45) is 0 Å². The van der Waals surface area contributed by atoms with Crippen molar-refractivity contribution in [2.75, 3.05) is 0 Å². The van der Waals surface area contributed by atoms with Crippen LogP contribution < -0.4 is 0 Å². The van der Waals surface area contributed by atoms with Gasteiger partial charge in [-0.25, -0.2) is 0 Å². The first-order valence-electron chi connectivity index (χ1n) is 2.57. The van der Waals surface area contributed by atoms with E-state index in [0.717, 1.165) is 0 Å².